The van der Waals surface area contributed by atoms with Gasteiger partial charge in [0.05, 0.1) is 15.7 Å². The van der Waals surface area contributed by atoms with Gasteiger partial charge < -0.3 is 5.73 Å². The van der Waals surface area contributed by atoms with Gasteiger partial charge in [0.2, 0.25) is 0 Å². The summed E-state index contributed by atoms with van der Waals surface area (Å²) in [6, 6.07) is 3.24. The maximum Gasteiger partial charge on any atom is 0.142 e. The van der Waals surface area contributed by atoms with Crippen molar-refractivity contribution in [3.8, 4) is 0 Å². The first-order chi connectivity index (χ1) is 9.13. The normalized spacial score (nSPS) is 25.8. The van der Waals surface area contributed by atoms with Crippen LogP contribution < -0.4 is 5.73 Å². The molecule has 1 aromatic rings. The third-order valence-electron chi connectivity index (χ3n) is 3.78. The minimum Gasteiger partial charge on any atom is -0.330 e. The average molecular weight is 287 g/mol. The van der Waals surface area contributed by atoms with Gasteiger partial charge in [-0.25, -0.2) is 8.78 Å². The van der Waals surface area contributed by atoms with Crippen molar-refractivity contribution in [2.75, 3.05) is 6.54 Å². The predicted molar refractivity (Wildman–Crippen MR) is 72.2 cm³/mol. The number of nitrogens with two attached hydrogens (primary N) is 1. The number of hydrogen-bond acceptors (Lipinski definition) is 2. The Kier molecular flexibility index (Phi) is 5.05. The van der Waals surface area contributed by atoms with E-state index in [1.54, 1.807) is 0 Å². The minimum atomic E-state index is -1.45. The van der Waals surface area contributed by atoms with E-state index in [2.05, 4.69) is 0 Å². The number of rotatable bonds is 3. The fourth-order valence-corrected chi connectivity index (χ4v) is 4.46. The lowest BCUT2D eigenvalue weighted by molar-refractivity contribution is 0.471. The molecule has 1 aliphatic rings. The van der Waals surface area contributed by atoms with Crippen molar-refractivity contribution in [3.05, 3.63) is 29.8 Å². The highest BCUT2D eigenvalue weighted by molar-refractivity contribution is 7.85. The fourth-order valence-electron chi connectivity index (χ4n) is 2.70. The summed E-state index contributed by atoms with van der Waals surface area (Å²) in [5.41, 5.74) is 5.75. The molecule has 2 N–H and O–H groups in total. The molecule has 0 saturated heterocycles. The van der Waals surface area contributed by atoms with E-state index in [0.29, 0.717) is 6.54 Å². The highest BCUT2D eigenvalue weighted by atomic mass is 32.2. The molecule has 2 rings (SSSR count). The maximum absolute atomic E-state index is 13.7. The standard InChI is InChI=1S/C14H19F2NOS/c15-11-6-7-14(12(16)8-11)19(18)13-5-3-1-2-4-10(13)9-17/h6-8,10,13H,1-5,9,17H2. The molecule has 3 unspecified atom stereocenters. The van der Waals surface area contributed by atoms with E-state index in [-0.39, 0.29) is 16.1 Å². The first-order valence-corrected chi connectivity index (χ1v) is 7.90. The van der Waals surface area contributed by atoms with E-state index < -0.39 is 22.4 Å². The van der Waals surface area contributed by atoms with E-state index in [1.807, 2.05) is 0 Å². The van der Waals surface area contributed by atoms with Crippen LogP contribution in [0.15, 0.2) is 23.1 Å². The molecule has 19 heavy (non-hydrogen) atoms. The van der Waals surface area contributed by atoms with Crippen molar-refractivity contribution in [1.29, 1.82) is 0 Å². The SMILES string of the molecule is NCC1CCCCCC1S(=O)c1ccc(F)cc1F. The summed E-state index contributed by atoms with van der Waals surface area (Å²) in [5.74, 6) is -1.21. The van der Waals surface area contributed by atoms with Gasteiger partial charge in [0.25, 0.3) is 0 Å². The molecule has 1 aromatic carbocycles. The van der Waals surface area contributed by atoms with Crippen molar-refractivity contribution in [2.45, 2.75) is 42.2 Å². The van der Waals surface area contributed by atoms with Gasteiger partial charge in [-0.3, -0.25) is 4.21 Å². The van der Waals surface area contributed by atoms with Crippen molar-refractivity contribution in [2.24, 2.45) is 11.7 Å². The van der Waals surface area contributed by atoms with Crippen molar-refractivity contribution >= 4 is 10.8 Å². The smallest absolute Gasteiger partial charge is 0.142 e. The Morgan fingerprint density at radius 1 is 1.21 bits per heavy atom. The van der Waals surface area contributed by atoms with Crippen LogP contribution in [-0.2, 0) is 10.8 Å². The monoisotopic (exact) mass is 287 g/mol. The summed E-state index contributed by atoms with van der Waals surface area (Å²) < 4.78 is 39.2. The van der Waals surface area contributed by atoms with Gasteiger partial charge in [0, 0.05) is 11.3 Å². The second kappa shape index (κ2) is 6.57. The largest absolute Gasteiger partial charge is 0.330 e. The highest BCUT2D eigenvalue weighted by Gasteiger charge is 2.29. The zero-order valence-corrected chi connectivity index (χ0v) is 11.6. The van der Waals surface area contributed by atoms with E-state index in [4.69, 9.17) is 5.73 Å². The molecule has 106 valence electrons. The van der Waals surface area contributed by atoms with Crippen LogP contribution in [0.3, 0.4) is 0 Å². The zero-order chi connectivity index (χ0) is 13.8. The third-order valence-corrected chi connectivity index (χ3v) is 5.71. The van der Waals surface area contributed by atoms with E-state index in [1.165, 1.54) is 6.07 Å². The number of halogens is 2. The van der Waals surface area contributed by atoms with Crippen LogP contribution in [0.5, 0.6) is 0 Å². The van der Waals surface area contributed by atoms with Crippen LogP contribution >= 0.6 is 0 Å². The summed E-state index contributed by atoms with van der Waals surface area (Å²) in [7, 11) is -1.45. The van der Waals surface area contributed by atoms with Gasteiger partial charge in [-0.1, -0.05) is 19.3 Å². The van der Waals surface area contributed by atoms with Crippen molar-refractivity contribution in [3.63, 3.8) is 0 Å². The minimum absolute atomic E-state index is 0.103. The molecule has 0 aromatic heterocycles. The van der Waals surface area contributed by atoms with Gasteiger partial charge in [-0.15, -0.1) is 0 Å². The Balaban J connectivity index is 2.25. The molecular formula is C14H19F2NOS. The number of benzene rings is 1. The van der Waals surface area contributed by atoms with Crippen LogP contribution in [0.2, 0.25) is 0 Å². The third kappa shape index (κ3) is 3.39. The summed E-state index contributed by atoms with van der Waals surface area (Å²) in [6.45, 7) is 0.471. The Bertz CT molecular complexity index is 467. The number of hydrogen-bond donors (Lipinski definition) is 1. The topological polar surface area (TPSA) is 43.1 Å². The van der Waals surface area contributed by atoms with Crippen LogP contribution in [0.25, 0.3) is 0 Å². The van der Waals surface area contributed by atoms with E-state index in [9.17, 15) is 13.0 Å². The molecule has 0 radical (unpaired) electrons. The summed E-state index contributed by atoms with van der Waals surface area (Å²) >= 11 is 0. The summed E-state index contributed by atoms with van der Waals surface area (Å²) in [6.07, 6.45) is 4.92. The second-order valence-corrected chi connectivity index (χ2v) is 6.68. The van der Waals surface area contributed by atoms with Gasteiger partial charge >= 0.3 is 0 Å². The van der Waals surface area contributed by atoms with Crippen molar-refractivity contribution in [1.82, 2.24) is 0 Å². The Morgan fingerprint density at radius 2 is 1.95 bits per heavy atom. The lowest BCUT2D eigenvalue weighted by atomic mass is 10.0. The van der Waals surface area contributed by atoms with Crippen LogP contribution in [0, 0.1) is 17.6 Å². The van der Waals surface area contributed by atoms with Crippen molar-refractivity contribution < 1.29 is 13.0 Å². The van der Waals surface area contributed by atoms with Gasteiger partial charge in [-0.05, 0) is 37.4 Å². The quantitative estimate of drug-likeness (QED) is 0.869. The average Bonchev–Trinajstić information content (AvgIpc) is 2.63. The first-order valence-electron chi connectivity index (χ1n) is 6.69. The molecule has 0 aliphatic heterocycles. The summed E-state index contributed by atoms with van der Waals surface area (Å²) in [5, 5.41) is -0.118. The summed E-state index contributed by atoms with van der Waals surface area (Å²) in [4.78, 5) is 0.103. The molecule has 1 aliphatic carbocycles. The molecule has 0 amide bonds. The fraction of sp³-hybridized carbons (Fsp3) is 0.571. The van der Waals surface area contributed by atoms with Gasteiger partial charge in [-0.2, -0.15) is 0 Å². The lowest BCUT2D eigenvalue weighted by Gasteiger charge is -2.23. The second-order valence-electron chi connectivity index (χ2n) is 5.04. The molecule has 0 spiro atoms. The zero-order valence-electron chi connectivity index (χ0n) is 10.8. The molecule has 0 bridgehead atoms. The Hall–Kier alpha value is -0.810. The van der Waals surface area contributed by atoms with E-state index in [0.717, 1.165) is 44.2 Å². The van der Waals surface area contributed by atoms with E-state index >= 15 is 0 Å². The van der Waals surface area contributed by atoms with Crippen LogP contribution in [-0.4, -0.2) is 16.0 Å². The molecule has 1 fully saturated rings. The molecule has 1 saturated carbocycles. The molecule has 0 heterocycles. The van der Waals surface area contributed by atoms with Gasteiger partial charge in [0.15, 0.2) is 0 Å². The molecule has 2 nitrogen and oxygen atoms in total. The van der Waals surface area contributed by atoms with Crippen LogP contribution in [0.1, 0.15) is 32.1 Å². The lowest BCUT2D eigenvalue weighted by Crippen LogP contribution is -2.31. The first kappa shape index (κ1) is 14.6. The Labute approximate surface area is 114 Å². The highest BCUT2D eigenvalue weighted by Crippen LogP contribution is 2.30. The molecule has 3 atom stereocenters. The van der Waals surface area contributed by atoms with Crippen LogP contribution in [0.4, 0.5) is 8.78 Å². The molecular weight excluding hydrogens is 268 g/mol. The predicted octanol–water partition coefficient (Wildman–Crippen LogP) is 2.98. The maximum atomic E-state index is 13.7. The van der Waals surface area contributed by atoms with Gasteiger partial charge in [0.1, 0.15) is 11.6 Å². The molecule has 5 heteroatoms. The Morgan fingerprint density at radius 3 is 2.63 bits per heavy atom.